The fourth-order valence-corrected chi connectivity index (χ4v) is 4.09. The average Bonchev–Trinajstić information content (AvgIpc) is 2.85. The lowest BCUT2D eigenvalue weighted by Crippen LogP contribution is -2.52. The molecule has 0 unspecified atom stereocenters. The Morgan fingerprint density at radius 2 is 1.63 bits per heavy atom. The second-order valence-corrected chi connectivity index (χ2v) is 9.39. The fraction of sp³-hybridized carbons (Fsp3) is 0.286. The third kappa shape index (κ3) is 7.55. The second-order valence-electron chi connectivity index (χ2n) is 8.55. The Labute approximate surface area is 216 Å². The fourth-order valence-electron chi connectivity index (χ4n) is 3.74. The van der Waals surface area contributed by atoms with E-state index in [9.17, 15) is 14.0 Å². The summed E-state index contributed by atoms with van der Waals surface area (Å²) in [4.78, 5) is 28.7. The molecule has 1 N–H and O–H groups in total. The van der Waals surface area contributed by atoms with Gasteiger partial charge in [0.15, 0.2) is 0 Å². The van der Waals surface area contributed by atoms with Crippen LogP contribution in [0.15, 0.2) is 72.8 Å². The van der Waals surface area contributed by atoms with Crippen LogP contribution in [-0.4, -0.2) is 28.8 Å². The highest BCUT2D eigenvalue weighted by atomic mass is 35.5. The summed E-state index contributed by atoms with van der Waals surface area (Å²) >= 11 is 12.3. The number of nitrogens with zero attached hydrogens (tertiary/aromatic N) is 1. The van der Waals surface area contributed by atoms with E-state index in [1.54, 1.807) is 18.2 Å². The van der Waals surface area contributed by atoms with Crippen LogP contribution >= 0.6 is 23.2 Å². The third-order valence-corrected chi connectivity index (χ3v) is 6.53. The number of hydrogen-bond donors (Lipinski definition) is 1. The van der Waals surface area contributed by atoms with E-state index in [4.69, 9.17) is 23.2 Å². The van der Waals surface area contributed by atoms with Gasteiger partial charge >= 0.3 is 0 Å². The van der Waals surface area contributed by atoms with E-state index in [1.165, 1.54) is 17.0 Å². The Morgan fingerprint density at radius 1 is 0.943 bits per heavy atom. The molecule has 7 heteroatoms. The summed E-state index contributed by atoms with van der Waals surface area (Å²) in [5.74, 6) is -1.21. The highest BCUT2D eigenvalue weighted by Crippen LogP contribution is 2.23. The summed E-state index contributed by atoms with van der Waals surface area (Å²) in [7, 11) is 0. The Hall–Kier alpha value is -2.89. The zero-order chi connectivity index (χ0) is 25.4. The molecule has 0 radical (unpaired) electrons. The number of hydrogen-bond acceptors (Lipinski definition) is 2. The minimum atomic E-state index is -0.805. The Morgan fingerprint density at radius 3 is 2.26 bits per heavy atom. The summed E-state index contributed by atoms with van der Waals surface area (Å²) in [5.41, 5.74) is 1.83. The van der Waals surface area contributed by atoms with Crippen LogP contribution in [-0.2, 0) is 29.0 Å². The van der Waals surface area contributed by atoms with Crippen LogP contribution < -0.4 is 5.32 Å². The molecule has 0 aliphatic heterocycles. The Kier molecular flexibility index (Phi) is 9.70. The van der Waals surface area contributed by atoms with Gasteiger partial charge in [-0.3, -0.25) is 9.59 Å². The third-order valence-electron chi connectivity index (χ3n) is 5.93. The van der Waals surface area contributed by atoms with Crippen LogP contribution in [0.4, 0.5) is 4.39 Å². The summed E-state index contributed by atoms with van der Waals surface area (Å²) in [6.07, 6.45) is 0.800. The number of rotatable bonds is 10. The van der Waals surface area contributed by atoms with Crippen LogP contribution in [0.25, 0.3) is 0 Å². The van der Waals surface area contributed by atoms with E-state index in [1.807, 2.05) is 56.3 Å². The van der Waals surface area contributed by atoms with Crippen LogP contribution in [0.3, 0.4) is 0 Å². The summed E-state index contributed by atoms with van der Waals surface area (Å²) < 4.78 is 14.5. The summed E-state index contributed by atoms with van der Waals surface area (Å²) in [5, 5.41) is 3.76. The van der Waals surface area contributed by atoms with Gasteiger partial charge in [0.2, 0.25) is 11.8 Å². The molecule has 0 bridgehead atoms. The van der Waals surface area contributed by atoms with Crippen molar-refractivity contribution in [2.45, 2.75) is 51.7 Å². The van der Waals surface area contributed by atoms with Gasteiger partial charge in [-0.1, -0.05) is 78.7 Å². The number of nitrogens with one attached hydrogen (secondary N) is 1. The van der Waals surface area contributed by atoms with E-state index < -0.39 is 17.8 Å². The predicted octanol–water partition coefficient (Wildman–Crippen LogP) is 6.23. The van der Waals surface area contributed by atoms with Gasteiger partial charge in [0.25, 0.3) is 0 Å². The summed E-state index contributed by atoms with van der Waals surface area (Å²) in [6.45, 7) is 4.06. The van der Waals surface area contributed by atoms with Crippen LogP contribution in [0, 0.1) is 5.82 Å². The van der Waals surface area contributed by atoms with Gasteiger partial charge in [-0.2, -0.15) is 0 Å². The zero-order valence-corrected chi connectivity index (χ0v) is 21.3. The average molecular weight is 515 g/mol. The molecule has 2 atom stereocenters. The number of carbonyl (C=O) groups excluding carboxylic acids is 2. The van der Waals surface area contributed by atoms with Gasteiger partial charge in [-0.25, -0.2) is 4.39 Å². The Bertz CT molecular complexity index is 1120. The SMILES string of the molecule is CC[C@H](C)NC(=O)[C@@H](Cc1ccccc1)N(Cc1ccc(Cl)cc1)C(=O)Cc1c(F)cccc1Cl. The lowest BCUT2D eigenvalue weighted by molar-refractivity contribution is -0.141. The van der Waals surface area contributed by atoms with E-state index >= 15 is 0 Å². The first-order valence-corrected chi connectivity index (χ1v) is 12.3. The first kappa shape index (κ1) is 26.7. The number of halogens is 3. The van der Waals surface area contributed by atoms with Crippen molar-refractivity contribution in [2.75, 3.05) is 0 Å². The maximum Gasteiger partial charge on any atom is 0.243 e. The van der Waals surface area contributed by atoms with Crippen LogP contribution in [0.5, 0.6) is 0 Å². The van der Waals surface area contributed by atoms with E-state index in [0.29, 0.717) is 11.4 Å². The first-order valence-electron chi connectivity index (χ1n) is 11.6. The van der Waals surface area contributed by atoms with Gasteiger partial charge in [-0.15, -0.1) is 0 Å². The van der Waals surface area contributed by atoms with Crippen molar-refractivity contribution in [1.82, 2.24) is 10.2 Å². The predicted molar refractivity (Wildman–Crippen MR) is 139 cm³/mol. The molecule has 3 aromatic carbocycles. The molecule has 35 heavy (non-hydrogen) atoms. The largest absolute Gasteiger partial charge is 0.352 e. The number of carbonyl (C=O) groups is 2. The number of amides is 2. The lowest BCUT2D eigenvalue weighted by atomic mass is 10.0. The van der Waals surface area contributed by atoms with Crippen molar-refractivity contribution in [2.24, 2.45) is 0 Å². The molecule has 0 spiro atoms. The van der Waals surface area contributed by atoms with Crippen molar-refractivity contribution in [3.8, 4) is 0 Å². The maximum atomic E-state index is 14.5. The number of benzene rings is 3. The molecule has 2 amide bonds. The molecule has 4 nitrogen and oxygen atoms in total. The Balaban J connectivity index is 2.00. The molecule has 184 valence electrons. The molecule has 0 saturated heterocycles. The minimum absolute atomic E-state index is 0.0609. The molecule has 0 aliphatic rings. The van der Waals surface area contributed by atoms with Gasteiger partial charge in [0, 0.05) is 34.6 Å². The van der Waals surface area contributed by atoms with Gasteiger partial charge < -0.3 is 10.2 Å². The molecule has 3 rings (SSSR count). The van der Waals surface area contributed by atoms with E-state index in [2.05, 4.69) is 5.32 Å². The lowest BCUT2D eigenvalue weighted by Gasteiger charge is -2.32. The van der Waals surface area contributed by atoms with Crippen LogP contribution in [0.2, 0.25) is 10.0 Å². The standard InChI is InChI=1S/C28H29Cl2FN2O2/c1-3-19(2)32-28(35)26(16-20-8-5-4-6-9-20)33(18-21-12-14-22(29)15-13-21)27(34)17-23-24(30)10-7-11-25(23)31/h4-15,19,26H,3,16-18H2,1-2H3,(H,32,35)/t19-,26+/m0/s1. The van der Waals surface area contributed by atoms with Gasteiger partial charge in [0.1, 0.15) is 11.9 Å². The summed E-state index contributed by atoms with van der Waals surface area (Å²) in [6, 6.07) is 20.1. The molecule has 0 aromatic heterocycles. The maximum absolute atomic E-state index is 14.5. The highest BCUT2D eigenvalue weighted by Gasteiger charge is 2.31. The van der Waals surface area contributed by atoms with Gasteiger partial charge in [0.05, 0.1) is 6.42 Å². The zero-order valence-electron chi connectivity index (χ0n) is 19.8. The minimum Gasteiger partial charge on any atom is -0.352 e. The topological polar surface area (TPSA) is 49.4 Å². The van der Waals surface area contributed by atoms with Crippen molar-refractivity contribution in [3.05, 3.63) is 105 Å². The quantitative estimate of drug-likeness (QED) is 0.348. The van der Waals surface area contributed by atoms with Crippen LogP contribution in [0.1, 0.15) is 37.0 Å². The molecular formula is C28H29Cl2FN2O2. The van der Waals surface area contributed by atoms with Crippen molar-refractivity contribution in [3.63, 3.8) is 0 Å². The first-order chi connectivity index (χ1) is 16.8. The molecular weight excluding hydrogens is 486 g/mol. The normalized spacial score (nSPS) is 12.6. The molecule has 0 fully saturated rings. The monoisotopic (exact) mass is 514 g/mol. The van der Waals surface area contributed by atoms with Crippen molar-refractivity contribution >= 4 is 35.0 Å². The molecule has 3 aromatic rings. The smallest absolute Gasteiger partial charge is 0.243 e. The van der Waals surface area contributed by atoms with E-state index in [-0.39, 0.29) is 35.5 Å². The molecule has 0 saturated carbocycles. The second kappa shape index (κ2) is 12.7. The van der Waals surface area contributed by atoms with Crippen molar-refractivity contribution < 1.29 is 14.0 Å². The van der Waals surface area contributed by atoms with Crippen molar-refractivity contribution in [1.29, 1.82) is 0 Å². The van der Waals surface area contributed by atoms with Gasteiger partial charge in [-0.05, 0) is 48.7 Å². The highest BCUT2D eigenvalue weighted by molar-refractivity contribution is 6.31. The van der Waals surface area contributed by atoms with E-state index in [0.717, 1.165) is 17.5 Å². The molecule has 0 aliphatic carbocycles. The molecule has 0 heterocycles.